The Morgan fingerprint density at radius 1 is 1.29 bits per heavy atom. The number of carbonyl (C=O) groups excluding carboxylic acids is 1. The van der Waals surface area contributed by atoms with E-state index in [2.05, 4.69) is 10.3 Å². The van der Waals surface area contributed by atoms with Gasteiger partial charge in [0, 0.05) is 6.20 Å². The van der Waals surface area contributed by atoms with E-state index in [1.807, 2.05) is 37.3 Å². The molecule has 2 N–H and O–H groups in total. The number of hydrogen-bond donors (Lipinski definition) is 2. The van der Waals surface area contributed by atoms with Crippen LogP contribution in [0.5, 0.6) is 0 Å². The van der Waals surface area contributed by atoms with E-state index in [4.69, 9.17) is 0 Å². The highest BCUT2D eigenvalue weighted by molar-refractivity contribution is 5.87. The molecule has 1 saturated carbocycles. The van der Waals surface area contributed by atoms with Crippen molar-refractivity contribution in [3.8, 4) is 0 Å². The number of nitrogens with one attached hydrogen (secondary N) is 1. The van der Waals surface area contributed by atoms with Crippen LogP contribution in [0.3, 0.4) is 0 Å². The maximum atomic E-state index is 12.5. The molecule has 1 amide bonds. The lowest BCUT2D eigenvalue weighted by molar-refractivity contribution is -0.148. The van der Waals surface area contributed by atoms with E-state index < -0.39 is 17.8 Å². The standard InChI is InChI=1S/C16H18N2O3/c1-9(12-4-2-3-7-17-12)18-15(19)13-10-5-6-11(8-10)14(13)16(20)21/h2-7,9-11,13-14H,8H2,1H3,(H,18,19)(H,20,21)/t9?,10?,11?,13-,14+/m0/s1. The molecule has 5 atom stereocenters. The molecule has 2 aliphatic carbocycles. The summed E-state index contributed by atoms with van der Waals surface area (Å²) in [6.07, 6.45) is 6.38. The molecule has 3 unspecified atom stereocenters. The first-order valence-corrected chi connectivity index (χ1v) is 7.20. The molecule has 0 aliphatic heterocycles. The molecule has 1 aromatic rings. The van der Waals surface area contributed by atoms with Gasteiger partial charge in [0.05, 0.1) is 23.6 Å². The maximum Gasteiger partial charge on any atom is 0.307 e. The highest BCUT2D eigenvalue weighted by Gasteiger charge is 2.51. The summed E-state index contributed by atoms with van der Waals surface area (Å²) in [5.74, 6) is -2.09. The largest absolute Gasteiger partial charge is 0.481 e. The summed E-state index contributed by atoms with van der Waals surface area (Å²) in [6.45, 7) is 1.86. The summed E-state index contributed by atoms with van der Waals surface area (Å²) in [4.78, 5) is 28.1. The van der Waals surface area contributed by atoms with Crippen molar-refractivity contribution in [2.45, 2.75) is 19.4 Å². The van der Waals surface area contributed by atoms with Crippen LogP contribution in [0.2, 0.25) is 0 Å². The number of aromatic nitrogens is 1. The lowest BCUT2D eigenvalue weighted by atomic mass is 9.82. The lowest BCUT2D eigenvalue weighted by Crippen LogP contribution is -2.41. The van der Waals surface area contributed by atoms with Crippen molar-refractivity contribution >= 4 is 11.9 Å². The minimum atomic E-state index is -0.877. The monoisotopic (exact) mass is 286 g/mol. The zero-order valence-electron chi connectivity index (χ0n) is 11.8. The molecule has 0 radical (unpaired) electrons. The predicted octanol–water partition coefficient (Wildman–Crippen LogP) is 1.78. The van der Waals surface area contributed by atoms with Gasteiger partial charge in [0.1, 0.15) is 0 Å². The highest BCUT2D eigenvalue weighted by atomic mass is 16.4. The number of pyridine rings is 1. The second kappa shape index (κ2) is 5.31. The molecule has 1 fully saturated rings. The van der Waals surface area contributed by atoms with Crippen LogP contribution in [0.25, 0.3) is 0 Å². The van der Waals surface area contributed by atoms with Gasteiger partial charge in [0.2, 0.25) is 5.91 Å². The molecule has 0 aromatic carbocycles. The van der Waals surface area contributed by atoms with Gasteiger partial charge in [-0.15, -0.1) is 0 Å². The van der Waals surface area contributed by atoms with E-state index in [9.17, 15) is 14.7 Å². The number of hydrogen-bond acceptors (Lipinski definition) is 3. The van der Waals surface area contributed by atoms with Gasteiger partial charge < -0.3 is 10.4 Å². The summed E-state index contributed by atoms with van der Waals surface area (Å²) < 4.78 is 0. The van der Waals surface area contributed by atoms with Crippen molar-refractivity contribution in [1.29, 1.82) is 0 Å². The zero-order valence-corrected chi connectivity index (χ0v) is 11.8. The second-order valence-corrected chi connectivity index (χ2v) is 5.82. The third-order valence-corrected chi connectivity index (χ3v) is 4.54. The van der Waals surface area contributed by atoms with Gasteiger partial charge >= 0.3 is 5.97 Å². The van der Waals surface area contributed by atoms with Crippen LogP contribution in [0.4, 0.5) is 0 Å². The number of amides is 1. The third-order valence-electron chi connectivity index (χ3n) is 4.54. The number of fused-ring (bicyclic) bond motifs is 2. The number of rotatable bonds is 4. The Bertz CT molecular complexity index is 584. The van der Waals surface area contributed by atoms with E-state index in [-0.39, 0.29) is 23.8 Å². The quantitative estimate of drug-likeness (QED) is 0.827. The van der Waals surface area contributed by atoms with E-state index in [1.165, 1.54) is 0 Å². The molecule has 2 bridgehead atoms. The number of carbonyl (C=O) groups is 2. The van der Waals surface area contributed by atoms with Crippen LogP contribution in [0.15, 0.2) is 36.5 Å². The molecule has 0 spiro atoms. The topological polar surface area (TPSA) is 79.3 Å². The van der Waals surface area contributed by atoms with Crippen molar-refractivity contribution in [2.24, 2.45) is 23.7 Å². The van der Waals surface area contributed by atoms with Gasteiger partial charge in [-0.25, -0.2) is 0 Å². The number of allylic oxidation sites excluding steroid dienone is 2. The zero-order chi connectivity index (χ0) is 15.0. The Morgan fingerprint density at radius 2 is 2.00 bits per heavy atom. The SMILES string of the molecule is CC(NC(=O)[C@H]1C2C=CC(C2)[C@H]1C(=O)O)c1ccccn1. The fourth-order valence-corrected chi connectivity index (χ4v) is 3.53. The molecule has 5 heteroatoms. The van der Waals surface area contributed by atoms with E-state index in [0.717, 1.165) is 12.1 Å². The second-order valence-electron chi connectivity index (χ2n) is 5.82. The molecular formula is C16H18N2O3. The van der Waals surface area contributed by atoms with E-state index in [0.29, 0.717) is 0 Å². The van der Waals surface area contributed by atoms with Crippen LogP contribution >= 0.6 is 0 Å². The van der Waals surface area contributed by atoms with Crippen molar-refractivity contribution in [2.75, 3.05) is 0 Å². The molecule has 110 valence electrons. The van der Waals surface area contributed by atoms with Gasteiger partial charge in [0.25, 0.3) is 0 Å². The van der Waals surface area contributed by atoms with Gasteiger partial charge in [-0.3, -0.25) is 14.6 Å². The lowest BCUT2D eigenvalue weighted by Gasteiger charge is -2.25. The first kappa shape index (κ1) is 13.8. The number of carboxylic acids is 1. The molecule has 21 heavy (non-hydrogen) atoms. The highest BCUT2D eigenvalue weighted by Crippen LogP contribution is 2.48. The molecule has 3 rings (SSSR count). The fraction of sp³-hybridized carbons (Fsp3) is 0.438. The van der Waals surface area contributed by atoms with Gasteiger partial charge in [-0.1, -0.05) is 18.2 Å². The van der Waals surface area contributed by atoms with Crippen molar-refractivity contribution in [3.63, 3.8) is 0 Å². The Hall–Kier alpha value is -2.17. The van der Waals surface area contributed by atoms with Crippen molar-refractivity contribution in [3.05, 3.63) is 42.2 Å². The minimum absolute atomic E-state index is 0.00611. The molecule has 5 nitrogen and oxygen atoms in total. The predicted molar refractivity (Wildman–Crippen MR) is 76.1 cm³/mol. The molecule has 1 heterocycles. The molecular weight excluding hydrogens is 268 g/mol. The number of carboxylic acid groups (broad SMARTS) is 1. The molecule has 0 saturated heterocycles. The smallest absolute Gasteiger partial charge is 0.307 e. The number of nitrogens with zero attached hydrogens (tertiary/aromatic N) is 1. The van der Waals surface area contributed by atoms with E-state index in [1.54, 1.807) is 6.20 Å². The Morgan fingerprint density at radius 3 is 2.62 bits per heavy atom. The first-order valence-electron chi connectivity index (χ1n) is 7.20. The van der Waals surface area contributed by atoms with Crippen LogP contribution in [0.1, 0.15) is 25.1 Å². The van der Waals surface area contributed by atoms with Crippen molar-refractivity contribution in [1.82, 2.24) is 10.3 Å². The van der Waals surface area contributed by atoms with Gasteiger partial charge in [-0.05, 0) is 37.3 Å². The summed E-state index contributed by atoms with van der Waals surface area (Å²) in [6, 6.07) is 5.31. The maximum absolute atomic E-state index is 12.5. The minimum Gasteiger partial charge on any atom is -0.481 e. The summed E-state index contributed by atoms with van der Waals surface area (Å²) in [5.41, 5.74) is 0.774. The summed E-state index contributed by atoms with van der Waals surface area (Å²) >= 11 is 0. The van der Waals surface area contributed by atoms with E-state index >= 15 is 0 Å². The number of aliphatic carboxylic acids is 1. The fourth-order valence-electron chi connectivity index (χ4n) is 3.53. The Kier molecular flexibility index (Phi) is 3.49. The Balaban J connectivity index is 1.73. The van der Waals surface area contributed by atoms with Gasteiger partial charge in [-0.2, -0.15) is 0 Å². The normalized spacial score (nSPS) is 31.1. The first-order chi connectivity index (χ1) is 10.1. The third kappa shape index (κ3) is 2.44. The average molecular weight is 286 g/mol. The van der Waals surface area contributed by atoms with Crippen LogP contribution in [0, 0.1) is 23.7 Å². The Labute approximate surface area is 123 Å². The van der Waals surface area contributed by atoms with Crippen molar-refractivity contribution < 1.29 is 14.7 Å². The average Bonchev–Trinajstić information content (AvgIpc) is 3.08. The summed E-state index contributed by atoms with van der Waals surface area (Å²) in [5, 5.41) is 12.3. The van der Waals surface area contributed by atoms with Crippen LogP contribution in [-0.4, -0.2) is 22.0 Å². The van der Waals surface area contributed by atoms with Gasteiger partial charge in [0.15, 0.2) is 0 Å². The van der Waals surface area contributed by atoms with Crippen LogP contribution < -0.4 is 5.32 Å². The molecule has 2 aliphatic rings. The summed E-state index contributed by atoms with van der Waals surface area (Å²) in [7, 11) is 0. The van der Waals surface area contributed by atoms with Crippen LogP contribution in [-0.2, 0) is 9.59 Å². The molecule has 1 aromatic heterocycles.